The average Bonchev–Trinajstić information content (AvgIpc) is 1.89. The standard InChI is InChI=1S/C7H7N2.Y/c1-6-4-2-3-5-7(6)9-8;/h3-5,8H,1H3;. The van der Waals surface area contributed by atoms with E-state index in [0.717, 1.165) is 5.56 Å². The average molecular weight is 208 g/mol. The third kappa shape index (κ3) is 2.27. The van der Waals surface area contributed by atoms with Crippen LogP contribution in [0.5, 0.6) is 0 Å². The summed E-state index contributed by atoms with van der Waals surface area (Å²) >= 11 is 0. The van der Waals surface area contributed by atoms with Crippen molar-refractivity contribution in [2.75, 3.05) is 0 Å². The van der Waals surface area contributed by atoms with Gasteiger partial charge >= 0.3 is 0 Å². The molecule has 2 nitrogen and oxygen atoms in total. The molecule has 0 unspecified atom stereocenters. The van der Waals surface area contributed by atoms with Crippen LogP contribution in [0.3, 0.4) is 0 Å². The molecule has 1 N–H and O–H groups in total. The zero-order valence-corrected chi connectivity index (χ0v) is 8.59. The van der Waals surface area contributed by atoms with Crippen LogP contribution in [0.2, 0.25) is 0 Å². The van der Waals surface area contributed by atoms with Gasteiger partial charge in [0.15, 0.2) is 0 Å². The van der Waals surface area contributed by atoms with Crippen molar-refractivity contribution in [3.05, 3.63) is 29.8 Å². The molecule has 3 heteroatoms. The first-order chi connectivity index (χ1) is 4.34. The first-order valence-electron chi connectivity index (χ1n) is 2.69. The van der Waals surface area contributed by atoms with Gasteiger partial charge in [-0.25, -0.2) is 0 Å². The third-order valence-corrected chi connectivity index (χ3v) is 1.16. The van der Waals surface area contributed by atoms with Crippen LogP contribution >= 0.6 is 0 Å². The van der Waals surface area contributed by atoms with E-state index in [0.29, 0.717) is 5.69 Å². The van der Waals surface area contributed by atoms with E-state index in [4.69, 9.17) is 5.53 Å². The van der Waals surface area contributed by atoms with Gasteiger partial charge in [0.2, 0.25) is 0 Å². The minimum absolute atomic E-state index is 0. The Morgan fingerprint density at radius 2 is 2.30 bits per heavy atom. The Hall–Kier alpha value is -0.0761. The van der Waals surface area contributed by atoms with Crippen LogP contribution in [0, 0.1) is 13.0 Å². The number of hydrogen-bond acceptors (Lipinski definition) is 2. The molecule has 2 radical (unpaired) electrons. The minimum atomic E-state index is 0. The molecule has 0 aliphatic carbocycles. The summed E-state index contributed by atoms with van der Waals surface area (Å²) in [5.74, 6) is 0. The number of nitrogens with zero attached hydrogens (tertiary/aromatic N) is 1. The molecule has 0 atom stereocenters. The van der Waals surface area contributed by atoms with Gasteiger partial charge in [-0.05, 0) is 0 Å². The van der Waals surface area contributed by atoms with Gasteiger partial charge in [-0.2, -0.15) is 18.2 Å². The molecule has 0 fully saturated rings. The molecule has 0 aliphatic heterocycles. The van der Waals surface area contributed by atoms with E-state index in [1.165, 1.54) is 0 Å². The van der Waals surface area contributed by atoms with Crippen LogP contribution in [0.25, 0.3) is 0 Å². The number of nitrogens with one attached hydrogen (secondary N) is 1. The summed E-state index contributed by atoms with van der Waals surface area (Å²) in [6.07, 6.45) is 0. The number of benzene rings is 1. The van der Waals surface area contributed by atoms with Gasteiger partial charge in [0, 0.05) is 43.5 Å². The molecule has 0 amide bonds. The van der Waals surface area contributed by atoms with Gasteiger partial charge in [0.1, 0.15) is 5.53 Å². The summed E-state index contributed by atoms with van der Waals surface area (Å²) in [6, 6.07) is 8.22. The molecule has 48 valence electrons. The Balaban J connectivity index is 0.000000810. The second kappa shape index (κ2) is 4.70. The van der Waals surface area contributed by atoms with Crippen molar-refractivity contribution in [2.24, 2.45) is 5.11 Å². The fraction of sp³-hybridized carbons (Fsp3) is 0.143. The maximum atomic E-state index is 6.70. The largest absolute Gasteiger partial charge is 0.183 e. The topological polar surface area (TPSA) is 36.2 Å². The molecule has 0 heterocycles. The van der Waals surface area contributed by atoms with Crippen molar-refractivity contribution in [3.8, 4) is 0 Å². The minimum Gasteiger partial charge on any atom is -0.183 e. The fourth-order valence-corrected chi connectivity index (χ4v) is 0.631. The molecule has 0 aromatic heterocycles. The van der Waals surface area contributed by atoms with E-state index in [1.54, 1.807) is 12.1 Å². The normalized spacial score (nSPS) is 8.10. The maximum Gasteiger partial charge on any atom is 0.141 e. The predicted octanol–water partition coefficient (Wildman–Crippen LogP) is 0.421. The van der Waals surface area contributed by atoms with Gasteiger partial charge in [0.05, 0.1) is 0 Å². The van der Waals surface area contributed by atoms with E-state index in [9.17, 15) is 0 Å². The van der Waals surface area contributed by atoms with Crippen molar-refractivity contribution >= 4 is 5.69 Å². The van der Waals surface area contributed by atoms with Gasteiger partial charge in [-0.1, -0.05) is 6.92 Å². The van der Waals surface area contributed by atoms with Crippen LogP contribution in [0.4, 0.5) is 5.69 Å². The molecule has 1 aromatic carbocycles. The Labute approximate surface area is 85.4 Å². The van der Waals surface area contributed by atoms with Crippen molar-refractivity contribution in [2.45, 2.75) is 6.92 Å². The molecule has 1 aromatic rings. The molecular formula is C7H7N2Y. The summed E-state index contributed by atoms with van der Waals surface area (Å²) in [4.78, 5) is 0. The second-order valence-corrected chi connectivity index (χ2v) is 1.82. The number of hydrogen-bond donors (Lipinski definition) is 1. The third-order valence-electron chi connectivity index (χ3n) is 1.16. The van der Waals surface area contributed by atoms with E-state index >= 15 is 0 Å². The fourth-order valence-electron chi connectivity index (χ4n) is 0.631. The number of rotatable bonds is 1. The second-order valence-electron chi connectivity index (χ2n) is 1.82. The van der Waals surface area contributed by atoms with Crippen molar-refractivity contribution in [1.82, 2.24) is 0 Å². The molecule has 1 rings (SSSR count). The quantitative estimate of drug-likeness (QED) is 0.513. The Kier molecular flexibility index (Phi) is 4.66. The predicted molar refractivity (Wildman–Crippen MR) is 33.1 cm³/mol. The van der Waals surface area contributed by atoms with E-state index in [-0.39, 0.29) is 32.7 Å². The zero-order valence-electron chi connectivity index (χ0n) is 5.76. The van der Waals surface area contributed by atoms with E-state index in [2.05, 4.69) is 11.2 Å². The monoisotopic (exact) mass is 208 g/mol. The molecule has 0 spiro atoms. The molecule has 0 aliphatic rings. The van der Waals surface area contributed by atoms with Crippen molar-refractivity contribution in [1.29, 1.82) is 0 Å². The van der Waals surface area contributed by atoms with Crippen molar-refractivity contribution < 1.29 is 38.2 Å². The Morgan fingerprint density at radius 3 is 2.70 bits per heavy atom. The van der Waals surface area contributed by atoms with E-state index in [1.807, 2.05) is 13.0 Å². The first kappa shape index (κ1) is 9.92. The molecule has 0 saturated carbocycles. The molecule has 0 bridgehead atoms. The maximum absolute atomic E-state index is 6.70. The summed E-state index contributed by atoms with van der Waals surface area (Å²) in [5, 5.41) is 3.30. The summed E-state index contributed by atoms with van der Waals surface area (Å²) in [5.41, 5.74) is 8.41. The molecule has 10 heavy (non-hydrogen) atoms. The van der Waals surface area contributed by atoms with Gasteiger partial charge in [-0.15, -0.1) is 11.6 Å². The summed E-state index contributed by atoms with van der Waals surface area (Å²) in [7, 11) is 0. The van der Waals surface area contributed by atoms with Gasteiger partial charge in [-0.3, -0.25) is 0 Å². The molecular weight excluding hydrogens is 201 g/mol. The molecule has 0 saturated heterocycles. The Bertz CT molecular complexity index is 223. The SMILES string of the molecule is Cc1c[c-]ccc1N=[NH+].[Y]. The first-order valence-corrected chi connectivity index (χ1v) is 2.69. The Morgan fingerprint density at radius 1 is 1.60 bits per heavy atom. The van der Waals surface area contributed by atoms with Crippen LogP contribution in [0.15, 0.2) is 23.3 Å². The zero-order chi connectivity index (χ0) is 6.69. The summed E-state index contributed by atoms with van der Waals surface area (Å²) in [6.45, 7) is 1.91. The van der Waals surface area contributed by atoms with Crippen LogP contribution < -0.4 is 5.53 Å². The van der Waals surface area contributed by atoms with Crippen LogP contribution in [-0.2, 0) is 32.7 Å². The van der Waals surface area contributed by atoms with Crippen LogP contribution in [0.1, 0.15) is 5.56 Å². The van der Waals surface area contributed by atoms with E-state index < -0.39 is 0 Å². The van der Waals surface area contributed by atoms with Crippen molar-refractivity contribution in [3.63, 3.8) is 0 Å². The van der Waals surface area contributed by atoms with Gasteiger partial charge < -0.3 is 0 Å². The van der Waals surface area contributed by atoms with Gasteiger partial charge in [0.25, 0.3) is 0 Å². The smallest absolute Gasteiger partial charge is 0.141 e. The summed E-state index contributed by atoms with van der Waals surface area (Å²) < 4.78 is 0. The van der Waals surface area contributed by atoms with Crippen LogP contribution in [-0.4, -0.2) is 0 Å². The number of aryl methyl sites for hydroxylation is 1.